The average Bonchev–Trinajstić information content (AvgIpc) is 2.49. The highest BCUT2D eigenvalue weighted by Gasteiger charge is 2.31. The van der Waals surface area contributed by atoms with E-state index in [1.54, 1.807) is 17.9 Å². The Hall–Kier alpha value is -1.56. The normalized spacial score (nSPS) is 19.9. The second kappa shape index (κ2) is 6.93. The summed E-state index contributed by atoms with van der Waals surface area (Å²) in [5.41, 5.74) is 0. The van der Waals surface area contributed by atoms with E-state index in [2.05, 4.69) is 15.9 Å². The number of likely N-dealkylation sites (tertiary alicyclic amines) is 1. The van der Waals surface area contributed by atoms with Gasteiger partial charge in [-0.2, -0.15) is 0 Å². The Bertz CT molecular complexity index is 534. The molecule has 0 bridgehead atoms. The van der Waals surface area contributed by atoms with Crippen molar-refractivity contribution in [2.45, 2.75) is 25.9 Å². The van der Waals surface area contributed by atoms with Crippen molar-refractivity contribution < 1.29 is 19.4 Å². The van der Waals surface area contributed by atoms with E-state index in [4.69, 9.17) is 9.84 Å². The van der Waals surface area contributed by atoms with Gasteiger partial charge in [-0.05, 0) is 47.8 Å². The average molecular weight is 356 g/mol. The van der Waals surface area contributed by atoms with Crippen molar-refractivity contribution in [2.24, 2.45) is 5.92 Å². The number of rotatable bonds is 4. The summed E-state index contributed by atoms with van der Waals surface area (Å²) in [5.74, 6) is -0.882. The van der Waals surface area contributed by atoms with E-state index in [1.165, 1.54) is 0 Å². The first-order chi connectivity index (χ1) is 9.99. The van der Waals surface area contributed by atoms with Crippen molar-refractivity contribution in [1.29, 1.82) is 0 Å². The molecule has 1 aromatic rings. The third kappa shape index (κ3) is 3.97. The van der Waals surface area contributed by atoms with Crippen LogP contribution in [0.25, 0.3) is 0 Å². The van der Waals surface area contributed by atoms with Crippen LogP contribution in [-0.4, -0.2) is 41.1 Å². The second-order valence-electron chi connectivity index (χ2n) is 5.15. The Labute approximate surface area is 132 Å². The molecule has 0 radical (unpaired) electrons. The maximum atomic E-state index is 12.4. The number of carbonyl (C=O) groups is 2. The number of carboxylic acids is 1. The molecule has 1 N–H and O–H groups in total. The summed E-state index contributed by atoms with van der Waals surface area (Å²) in [4.78, 5) is 25.0. The first kappa shape index (κ1) is 15.8. The van der Waals surface area contributed by atoms with E-state index in [0.717, 1.165) is 4.47 Å². The van der Waals surface area contributed by atoms with Gasteiger partial charge in [-0.15, -0.1) is 0 Å². The molecule has 1 heterocycles. The number of aliphatic carboxylic acids is 1. The second-order valence-corrected chi connectivity index (χ2v) is 6.01. The largest absolute Gasteiger partial charge is 0.481 e. The molecule has 21 heavy (non-hydrogen) atoms. The quantitative estimate of drug-likeness (QED) is 0.900. The zero-order chi connectivity index (χ0) is 15.4. The Morgan fingerprint density at radius 2 is 2.14 bits per heavy atom. The molecule has 0 aromatic heterocycles. The zero-order valence-corrected chi connectivity index (χ0v) is 13.4. The van der Waals surface area contributed by atoms with Gasteiger partial charge >= 0.3 is 5.97 Å². The van der Waals surface area contributed by atoms with Crippen molar-refractivity contribution in [3.8, 4) is 5.75 Å². The van der Waals surface area contributed by atoms with Crippen LogP contribution in [0.15, 0.2) is 28.7 Å². The number of benzene rings is 1. The van der Waals surface area contributed by atoms with Gasteiger partial charge in [0.1, 0.15) is 5.75 Å². The summed E-state index contributed by atoms with van der Waals surface area (Å²) in [6, 6.07) is 7.32. The number of nitrogens with zero attached hydrogens (tertiary/aromatic N) is 1. The minimum Gasteiger partial charge on any atom is -0.481 e. The Morgan fingerprint density at radius 3 is 2.81 bits per heavy atom. The van der Waals surface area contributed by atoms with Crippen LogP contribution in [0.2, 0.25) is 0 Å². The molecule has 1 aliphatic heterocycles. The van der Waals surface area contributed by atoms with Gasteiger partial charge in [-0.1, -0.05) is 12.1 Å². The van der Waals surface area contributed by atoms with Crippen molar-refractivity contribution in [1.82, 2.24) is 4.90 Å². The number of carbonyl (C=O) groups excluding carboxylic acids is 1. The zero-order valence-electron chi connectivity index (χ0n) is 11.8. The van der Waals surface area contributed by atoms with Crippen molar-refractivity contribution in [3.63, 3.8) is 0 Å². The summed E-state index contributed by atoms with van der Waals surface area (Å²) >= 11 is 3.37. The molecule has 6 heteroatoms. The molecule has 114 valence electrons. The van der Waals surface area contributed by atoms with Gasteiger partial charge in [0.15, 0.2) is 6.10 Å². The monoisotopic (exact) mass is 355 g/mol. The fourth-order valence-corrected chi connectivity index (χ4v) is 2.80. The number of carboxylic acid groups (broad SMARTS) is 1. The lowest BCUT2D eigenvalue weighted by Crippen LogP contribution is -2.47. The maximum absolute atomic E-state index is 12.4. The van der Waals surface area contributed by atoms with Crippen LogP contribution in [0.1, 0.15) is 19.8 Å². The highest BCUT2D eigenvalue weighted by atomic mass is 79.9. The summed E-state index contributed by atoms with van der Waals surface area (Å²) in [6.45, 7) is 2.54. The first-order valence-electron chi connectivity index (χ1n) is 6.92. The first-order valence-corrected chi connectivity index (χ1v) is 7.71. The lowest BCUT2D eigenvalue weighted by molar-refractivity contribution is -0.147. The van der Waals surface area contributed by atoms with Gasteiger partial charge in [0.25, 0.3) is 5.91 Å². The van der Waals surface area contributed by atoms with Crippen LogP contribution in [0.3, 0.4) is 0 Å². The lowest BCUT2D eigenvalue weighted by Gasteiger charge is -2.32. The van der Waals surface area contributed by atoms with Gasteiger partial charge in [-0.25, -0.2) is 0 Å². The molecule has 1 fully saturated rings. The van der Waals surface area contributed by atoms with Crippen LogP contribution in [0, 0.1) is 5.92 Å². The molecule has 1 saturated heterocycles. The predicted octanol–water partition coefficient (Wildman–Crippen LogP) is 2.54. The molecule has 2 rings (SSSR count). The Balaban J connectivity index is 1.99. The fraction of sp³-hybridized carbons (Fsp3) is 0.467. The van der Waals surface area contributed by atoms with Gasteiger partial charge < -0.3 is 14.7 Å². The van der Waals surface area contributed by atoms with E-state index in [-0.39, 0.29) is 12.5 Å². The Morgan fingerprint density at radius 1 is 1.43 bits per heavy atom. The highest BCUT2D eigenvalue weighted by Crippen LogP contribution is 2.25. The van der Waals surface area contributed by atoms with Crippen LogP contribution in [0.4, 0.5) is 0 Å². The standard InChI is InChI=1S/C15H18BrNO4/c1-10(21-13-7-3-2-6-12(13)16)14(18)17-8-4-5-11(9-17)15(19)20/h2-3,6-7,10-11H,4-5,8-9H2,1H3,(H,19,20). The summed E-state index contributed by atoms with van der Waals surface area (Å²) in [6.07, 6.45) is 0.694. The molecule has 1 aromatic carbocycles. The predicted molar refractivity (Wildman–Crippen MR) is 81.2 cm³/mol. The van der Waals surface area contributed by atoms with Crippen molar-refractivity contribution in [2.75, 3.05) is 13.1 Å². The lowest BCUT2D eigenvalue weighted by atomic mass is 9.98. The SMILES string of the molecule is CC(Oc1ccccc1Br)C(=O)N1CCCC(C(=O)O)C1. The Kier molecular flexibility index (Phi) is 5.22. The third-order valence-electron chi connectivity index (χ3n) is 3.57. The minimum atomic E-state index is -0.841. The van der Waals surface area contributed by atoms with E-state index >= 15 is 0 Å². The number of hydrogen-bond acceptors (Lipinski definition) is 3. The molecule has 2 atom stereocenters. The van der Waals surface area contributed by atoms with Crippen LogP contribution < -0.4 is 4.74 Å². The van der Waals surface area contributed by atoms with Crippen molar-refractivity contribution in [3.05, 3.63) is 28.7 Å². The molecular weight excluding hydrogens is 338 g/mol. The number of halogens is 1. The van der Waals surface area contributed by atoms with E-state index in [1.807, 2.05) is 18.2 Å². The molecule has 0 spiro atoms. The maximum Gasteiger partial charge on any atom is 0.308 e. The summed E-state index contributed by atoms with van der Waals surface area (Å²) < 4.78 is 6.45. The summed E-state index contributed by atoms with van der Waals surface area (Å²) in [7, 11) is 0. The molecule has 2 unspecified atom stereocenters. The number of amides is 1. The van der Waals surface area contributed by atoms with E-state index in [0.29, 0.717) is 25.1 Å². The van der Waals surface area contributed by atoms with Gasteiger partial charge in [0.05, 0.1) is 10.4 Å². The summed E-state index contributed by atoms with van der Waals surface area (Å²) in [5, 5.41) is 9.07. The van der Waals surface area contributed by atoms with Crippen LogP contribution in [-0.2, 0) is 9.59 Å². The van der Waals surface area contributed by atoms with E-state index < -0.39 is 18.0 Å². The number of para-hydroxylation sites is 1. The van der Waals surface area contributed by atoms with Crippen LogP contribution in [0.5, 0.6) is 5.75 Å². The number of hydrogen-bond donors (Lipinski definition) is 1. The van der Waals surface area contributed by atoms with Gasteiger partial charge in [0.2, 0.25) is 0 Å². The van der Waals surface area contributed by atoms with Gasteiger partial charge in [0, 0.05) is 13.1 Å². The number of piperidine rings is 1. The minimum absolute atomic E-state index is 0.170. The van der Waals surface area contributed by atoms with Gasteiger partial charge in [-0.3, -0.25) is 9.59 Å². The topological polar surface area (TPSA) is 66.8 Å². The third-order valence-corrected chi connectivity index (χ3v) is 4.23. The highest BCUT2D eigenvalue weighted by molar-refractivity contribution is 9.10. The number of ether oxygens (including phenoxy) is 1. The smallest absolute Gasteiger partial charge is 0.308 e. The molecule has 5 nitrogen and oxygen atoms in total. The fourth-order valence-electron chi connectivity index (χ4n) is 2.42. The molecule has 1 amide bonds. The molecule has 0 saturated carbocycles. The van der Waals surface area contributed by atoms with E-state index in [9.17, 15) is 9.59 Å². The molecule has 0 aliphatic carbocycles. The molecule has 1 aliphatic rings. The van der Waals surface area contributed by atoms with Crippen LogP contribution >= 0.6 is 15.9 Å². The molecular formula is C15H18BrNO4. The van der Waals surface area contributed by atoms with Crippen molar-refractivity contribution >= 4 is 27.8 Å².